The van der Waals surface area contributed by atoms with Gasteiger partial charge in [0, 0.05) is 30.2 Å². The quantitative estimate of drug-likeness (QED) is 0.481. The summed E-state index contributed by atoms with van der Waals surface area (Å²) in [4.78, 5) is 23.3. The van der Waals surface area contributed by atoms with Crippen molar-refractivity contribution in [1.29, 1.82) is 0 Å². The van der Waals surface area contributed by atoms with E-state index < -0.39 is 0 Å². The molecular formula is C23H23ClN6O. The highest BCUT2D eigenvalue weighted by Crippen LogP contribution is 2.29. The fourth-order valence-electron chi connectivity index (χ4n) is 3.98. The van der Waals surface area contributed by atoms with Crippen LogP contribution < -0.4 is 16.0 Å². The van der Waals surface area contributed by atoms with Crippen LogP contribution >= 0.6 is 11.6 Å². The molecular weight excluding hydrogens is 412 g/mol. The number of carbonyl (C=O) groups is 1. The van der Waals surface area contributed by atoms with Gasteiger partial charge in [0.2, 0.25) is 5.95 Å². The first kappa shape index (κ1) is 19.6. The number of carbonyl (C=O) groups excluding carboxylic acids is 1. The lowest BCUT2D eigenvalue weighted by Gasteiger charge is -2.19. The molecule has 7 nitrogen and oxygen atoms in total. The number of hydrogen-bond acceptors (Lipinski definition) is 5. The summed E-state index contributed by atoms with van der Waals surface area (Å²) in [5, 5.41) is 10.1. The second kappa shape index (κ2) is 8.43. The van der Waals surface area contributed by atoms with Crippen molar-refractivity contribution in [3.63, 3.8) is 0 Å². The lowest BCUT2D eigenvalue weighted by atomic mass is 10.0. The Balaban J connectivity index is 1.51. The number of aryl methyl sites for hydroxylation is 2. The van der Waals surface area contributed by atoms with Gasteiger partial charge in [-0.1, -0.05) is 23.7 Å². The van der Waals surface area contributed by atoms with Crippen molar-refractivity contribution < 1.29 is 4.79 Å². The van der Waals surface area contributed by atoms with Crippen molar-refractivity contribution in [2.75, 3.05) is 29.0 Å². The van der Waals surface area contributed by atoms with Crippen LogP contribution in [0.4, 0.5) is 33.6 Å². The van der Waals surface area contributed by atoms with E-state index in [1.54, 1.807) is 6.20 Å². The maximum atomic E-state index is 12.7. The van der Waals surface area contributed by atoms with Crippen LogP contribution in [0.1, 0.15) is 24.0 Å². The highest BCUT2D eigenvalue weighted by atomic mass is 35.5. The van der Waals surface area contributed by atoms with Gasteiger partial charge in [-0.3, -0.25) is 0 Å². The Morgan fingerprint density at radius 2 is 1.87 bits per heavy atom. The SMILES string of the molecule is O=C(Nc1ccc2cc1CCc1cccc(c1)Nc1ncc(Cl)c(n1)N2)N1CCCC1. The Labute approximate surface area is 185 Å². The molecule has 0 aliphatic carbocycles. The summed E-state index contributed by atoms with van der Waals surface area (Å²) in [6.07, 6.45) is 5.33. The van der Waals surface area contributed by atoms with Gasteiger partial charge < -0.3 is 20.9 Å². The van der Waals surface area contributed by atoms with Crippen molar-refractivity contribution in [2.45, 2.75) is 25.7 Å². The second-order valence-electron chi connectivity index (χ2n) is 7.84. The van der Waals surface area contributed by atoms with E-state index >= 15 is 0 Å². The third-order valence-electron chi connectivity index (χ3n) is 5.61. The maximum absolute atomic E-state index is 12.7. The van der Waals surface area contributed by atoms with Crippen LogP contribution in [0.3, 0.4) is 0 Å². The Morgan fingerprint density at radius 3 is 2.74 bits per heavy atom. The Bertz CT molecular complexity index is 1130. The Hall–Kier alpha value is -3.32. The number of nitrogens with zero attached hydrogens (tertiary/aromatic N) is 3. The summed E-state index contributed by atoms with van der Waals surface area (Å²) < 4.78 is 0. The molecule has 3 N–H and O–H groups in total. The average molecular weight is 435 g/mol. The molecule has 0 radical (unpaired) electrons. The normalized spacial score (nSPS) is 15.1. The van der Waals surface area contributed by atoms with Crippen molar-refractivity contribution in [3.05, 3.63) is 64.8 Å². The predicted octanol–water partition coefficient (Wildman–Crippen LogP) is 5.34. The van der Waals surface area contributed by atoms with E-state index in [4.69, 9.17) is 11.6 Å². The summed E-state index contributed by atoms with van der Waals surface area (Å²) in [6.45, 7) is 1.63. The van der Waals surface area contributed by atoms with E-state index in [1.807, 2.05) is 35.2 Å². The number of urea groups is 1. The number of likely N-dealkylation sites (tertiary alicyclic amines) is 1. The Kier molecular flexibility index (Phi) is 5.34. The molecule has 31 heavy (non-hydrogen) atoms. The van der Waals surface area contributed by atoms with Gasteiger partial charge in [0.05, 0.1) is 6.20 Å². The van der Waals surface area contributed by atoms with Crippen LogP contribution in [-0.4, -0.2) is 34.0 Å². The molecule has 2 aliphatic rings. The minimum atomic E-state index is -0.0351. The van der Waals surface area contributed by atoms with Gasteiger partial charge >= 0.3 is 6.03 Å². The number of nitrogens with one attached hydrogen (secondary N) is 3. The molecule has 1 saturated heterocycles. The minimum Gasteiger partial charge on any atom is -0.339 e. The van der Waals surface area contributed by atoms with E-state index in [0.29, 0.717) is 16.8 Å². The number of anilines is 5. The zero-order chi connectivity index (χ0) is 21.2. The molecule has 1 fully saturated rings. The number of hydrogen-bond donors (Lipinski definition) is 3. The number of amides is 2. The molecule has 3 heterocycles. The molecule has 1 aromatic heterocycles. The zero-order valence-corrected chi connectivity index (χ0v) is 17.7. The third-order valence-corrected chi connectivity index (χ3v) is 5.89. The lowest BCUT2D eigenvalue weighted by molar-refractivity contribution is 0.222. The van der Waals surface area contributed by atoms with E-state index in [-0.39, 0.29) is 6.03 Å². The number of benzene rings is 2. The van der Waals surface area contributed by atoms with Gasteiger partial charge in [-0.25, -0.2) is 9.78 Å². The molecule has 2 aromatic carbocycles. The summed E-state index contributed by atoms with van der Waals surface area (Å²) in [7, 11) is 0. The van der Waals surface area contributed by atoms with E-state index in [0.717, 1.165) is 61.4 Å². The molecule has 0 atom stereocenters. The van der Waals surface area contributed by atoms with Crippen molar-refractivity contribution >= 4 is 46.5 Å². The molecule has 8 heteroatoms. The smallest absolute Gasteiger partial charge is 0.321 e. The molecule has 5 rings (SSSR count). The maximum Gasteiger partial charge on any atom is 0.321 e. The highest BCUT2D eigenvalue weighted by molar-refractivity contribution is 6.32. The average Bonchev–Trinajstić information content (AvgIpc) is 3.31. The van der Waals surface area contributed by atoms with E-state index in [9.17, 15) is 4.79 Å². The molecule has 3 aromatic rings. The number of aromatic nitrogens is 2. The predicted molar refractivity (Wildman–Crippen MR) is 124 cm³/mol. The zero-order valence-electron chi connectivity index (χ0n) is 17.0. The van der Waals surface area contributed by atoms with Crippen molar-refractivity contribution in [2.24, 2.45) is 0 Å². The number of fused-ring (bicyclic) bond motifs is 6. The Morgan fingerprint density at radius 1 is 1.03 bits per heavy atom. The van der Waals surface area contributed by atoms with Crippen LogP contribution in [0.5, 0.6) is 0 Å². The van der Waals surface area contributed by atoms with Crippen molar-refractivity contribution in [3.8, 4) is 0 Å². The van der Waals surface area contributed by atoms with Crippen LogP contribution in [0.15, 0.2) is 48.7 Å². The van der Waals surface area contributed by atoms with Gasteiger partial charge in [0.1, 0.15) is 5.02 Å². The fraction of sp³-hybridized carbons (Fsp3) is 0.261. The second-order valence-corrected chi connectivity index (χ2v) is 8.24. The largest absolute Gasteiger partial charge is 0.339 e. The topological polar surface area (TPSA) is 82.2 Å². The summed E-state index contributed by atoms with van der Waals surface area (Å²) >= 11 is 6.33. The molecule has 2 aliphatic heterocycles. The molecule has 0 saturated carbocycles. The van der Waals surface area contributed by atoms with Crippen LogP contribution in [0.2, 0.25) is 5.02 Å². The standard InChI is InChI=1S/C23H23ClN6O/c24-19-14-25-22-27-17-5-3-4-15(12-17)6-7-16-13-18(26-21(19)29-22)8-9-20(16)28-23(31)30-10-1-2-11-30/h3-5,8-9,12-14H,1-2,6-7,10-11H2,(H,28,31)(H2,25,26,27,29). The van der Waals surface area contributed by atoms with Gasteiger partial charge in [-0.05, 0) is 67.1 Å². The van der Waals surface area contributed by atoms with Crippen LogP contribution in [0, 0.1) is 0 Å². The monoisotopic (exact) mass is 434 g/mol. The van der Waals surface area contributed by atoms with Gasteiger partial charge in [-0.2, -0.15) is 4.98 Å². The summed E-state index contributed by atoms with van der Waals surface area (Å²) in [5.74, 6) is 0.993. The van der Waals surface area contributed by atoms with Gasteiger partial charge in [0.15, 0.2) is 5.82 Å². The lowest BCUT2D eigenvalue weighted by Crippen LogP contribution is -2.32. The summed E-state index contributed by atoms with van der Waals surface area (Å²) in [6, 6.07) is 14.1. The fourth-order valence-corrected chi connectivity index (χ4v) is 4.12. The molecule has 6 bridgehead atoms. The van der Waals surface area contributed by atoms with Crippen LogP contribution in [0.25, 0.3) is 0 Å². The number of halogens is 1. The van der Waals surface area contributed by atoms with E-state index in [2.05, 4.69) is 38.1 Å². The minimum absolute atomic E-state index is 0.0351. The first-order valence-corrected chi connectivity index (χ1v) is 10.9. The molecule has 0 spiro atoms. The first-order chi connectivity index (χ1) is 15.1. The number of rotatable bonds is 1. The molecule has 158 valence electrons. The van der Waals surface area contributed by atoms with Crippen molar-refractivity contribution in [1.82, 2.24) is 14.9 Å². The van der Waals surface area contributed by atoms with E-state index in [1.165, 1.54) is 5.56 Å². The van der Waals surface area contributed by atoms with Gasteiger partial charge in [0.25, 0.3) is 0 Å². The third kappa shape index (κ3) is 4.41. The van der Waals surface area contributed by atoms with Crippen LogP contribution in [-0.2, 0) is 12.8 Å². The summed E-state index contributed by atoms with van der Waals surface area (Å²) in [5.41, 5.74) is 4.85. The highest BCUT2D eigenvalue weighted by Gasteiger charge is 2.19. The first-order valence-electron chi connectivity index (χ1n) is 10.5. The molecule has 2 amide bonds. The van der Waals surface area contributed by atoms with Gasteiger partial charge in [-0.15, -0.1) is 0 Å². The molecule has 0 unspecified atom stereocenters.